The van der Waals surface area contributed by atoms with Crippen LogP contribution in [-0.4, -0.2) is 32.2 Å². The molecule has 1 fully saturated rings. The fourth-order valence-electron chi connectivity index (χ4n) is 1.86. The first-order chi connectivity index (χ1) is 8.17. The summed E-state index contributed by atoms with van der Waals surface area (Å²) in [5.74, 6) is 0.894. The van der Waals surface area contributed by atoms with Crippen LogP contribution in [0.4, 0.5) is 5.69 Å². The largest absolute Gasteiger partial charge is 0.493 e. The number of hydrogen-bond acceptors (Lipinski definition) is 5. The summed E-state index contributed by atoms with van der Waals surface area (Å²) in [6, 6.07) is 3.37. The molecule has 0 bridgehead atoms. The van der Waals surface area contributed by atoms with E-state index in [9.17, 15) is 10.1 Å². The molecule has 1 saturated heterocycles. The van der Waals surface area contributed by atoms with Gasteiger partial charge in [-0.25, -0.2) is 0 Å². The predicted octanol–water partition coefficient (Wildman–Crippen LogP) is 1.30. The quantitative estimate of drug-likeness (QED) is 0.632. The van der Waals surface area contributed by atoms with Gasteiger partial charge in [-0.15, -0.1) is 0 Å². The SMILES string of the molecule is COc1cc(C2CNC2)cc([N+](=O)[O-])c1OC. The zero-order valence-corrected chi connectivity index (χ0v) is 9.73. The van der Waals surface area contributed by atoms with Crippen LogP contribution >= 0.6 is 0 Å². The van der Waals surface area contributed by atoms with E-state index in [1.165, 1.54) is 14.2 Å². The first-order valence-electron chi connectivity index (χ1n) is 5.28. The molecule has 1 aromatic carbocycles. The molecule has 1 aliphatic rings. The Kier molecular flexibility index (Phi) is 3.14. The summed E-state index contributed by atoms with van der Waals surface area (Å²) in [4.78, 5) is 10.5. The highest BCUT2D eigenvalue weighted by Crippen LogP contribution is 2.40. The molecule has 0 unspecified atom stereocenters. The molecular weight excluding hydrogens is 224 g/mol. The average Bonchev–Trinajstić information content (AvgIpc) is 2.25. The Morgan fingerprint density at radius 3 is 2.47 bits per heavy atom. The van der Waals surface area contributed by atoms with Gasteiger partial charge in [-0.3, -0.25) is 10.1 Å². The number of rotatable bonds is 4. The Labute approximate surface area is 98.7 Å². The number of nitro benzene ring substituents is 1. The lowest BCUT2D eigenvalue weighted by Crippen LogP contribution is -2.39. The second-order valence-corrected chi connectivity index (χ2v) is 3.89. The monoisotopic (exact) mass is 238 g/mol. The van der Waals surface area contributed by atoms with Gasteiger partial charge in [-0.2, -0.15) is 0 Å². The third-order valence-electron chi connectivity index (χ3n) is 2.93. The van der Waals surface area contributed by atoms with Gasteiger partial charge < -0.3 is 14.8 Å². The Bertz CT molecular complexity index is 443. The van der Waals surface area contributed by atoms with Crippen LogP contribution in [0.25, 0.3) is 0 Å². The van der Waals surface area contributed by atoms with Crippen molar-refractivity contribution >= 4 is 5.69 Å². The van der Waals surface area contributed by atoms with Crippen LogP contribution in [0.15, 0.2) is 12.1 Å². The molecular formula is C11H14N2O4. The molecule has 0 aliphatic carbocycles. The average molecular weight is 238 g/mol. The molecule has 17 heavy (non-hydrogen) atoms. The van der Waals surface area contributed by atoms with Crippen molar-refractivity contribution in [1.82, 2.24) is 5.32 Å². The first kappa shape index (κ1) is 11.7. The van der Waals surface area contributed by atoms with Crippen LogP contribution in [0.5, 0.6) is 11.5 Å². The molecule has 0 spiro atoms. The van der Waals surface area contributed by atoms with Gasteiger partial charge in [-0.05, 0) is 11.6 Å². The number of hydrogen-bond donors (Lipinski definition) is 1. The minimum Gasteiger partial charge on any atom is -0.493 e. The maximum atomic E-state index is 11.0. The third kappa shape index (κ3) is 2.03. The summed E-state index contributed by atoms with van der Waals surface area (Å²) >= 11 is 0. The van der Waals surface area contributed by atoms with Crippen molar-refractivity contribution in [1.29, 1.82) is 0 Å². The van der Waals surface area contributed by atoms with Gasteiger partial charge in [-0.1, -0.05) is 0 Å². The molecule has 1 aromatic rings. The lowest BCUT2D eigenvalue weighted by molar-refractivity contribution is -0.385. The molecule has 0 radical (unpaired) electrons. The van der Waals surface area contributed by atoms with Crippen LogP contribution in [0, 0.1) is 10.1 Å². The summed E-state index contributed by atoms with van der Waals surface area (Å²) in [6.07, 6.45) is 0. The van der Waals surface area contributed by atoms with Crippen LogP contribution in [0.2, 0.25) is 0 Å². The molecule has 0 atom stereocenters. The minimum atomic E-state index is -0.447. The molecule has 0 saturated carbocycles. The number of benzene rings is 1. The maximum Gasteiger partial charge on any atom is 0.315 e. The second-order valence-electron chi connectivity index (χ2n) is 3.89. The Hall–Kier alpha value is -1.82. The summed E-state index contributed by atoms with van der Waals surface area (Å²) < 4.78 is 10.2. The van der Waals surface area contributed by atoms with E-state index < -0.39 is 4.92 Å². The second kappa shape index (κ2) is 4.58. The maximum absolute atomic E-state index is 11.0. The number of nitrogens with zero attached hydrogens (tertiary/aromatic N) is 1. The van der Waals surface area contributed by atoms with Crippen molar-refractivity contribution in [3.8, 4) is 11.5 Å². The van der Waals surface area contributed by atoms with Gasteiger partial charge >= 0.3 is 5.69 Å². The van der Waals surface area contributed by atoms with Gasteiger partial charge in [0.15, 0.2) is 5.75 Å². The zero-order chi connectivity index (χ0) is 12.4. The van der Waals surface area contributed by atoms with Crippen molar-refractivity contribution < 1.29 is 14.4 Å². The van der Waals surface area contributed by atoms with Crippen LogP contribution in [0.3, 0.4) is 0 Å². The van der Waals surface area contributed by atoms with Gasteiger partial charge in [0.2, 0.25) is 5.75 Å². The van der Waals surface area contributed by atoms with Crippen LogP contribution in [-0.2, 0) is 0 Å². The zero-order valence-electron chi connectivity index (χ0n) is 9.73. The van der Waals surface area contributed by atoms with Crippen LogP contribution < -0.4 is 14.8 Å². The molecule has 1 aliphatic heterocycles. The van der Waals surface area contributed by atoms with Crippen LogP contribution in [0.1, 0.15) is 11.5 Å². The smallest absolute Gasteiger partial charge is 0.315 e. The van der Waals surface area contributed by atoms with Gasteiger partial charge in [0.1, 0.15) is 0 Å². The van der Waals surface area contributed by atoms with Crippen molar-refractivity contribution in [3.63, 3.8) is 0 Å². The number of methoxy groups -OCH3 is 2. The fraction of sp³-hybridized carbons (Fsp3) is 0.455. The fourth-order valence-corrected chi connectivity index (χ4v) is 1.86. The summed E-state index contributed by atoms with van der Waals surface area (Å²) in [5, 5.41) is 14.1. The highest BCUT2D eigenvalue weighted by atomic mass is 16.6. The third-order valence-corrected chi connectivity index (χ3v) is 2.93. The molecule has 0 aromatic heterocycles. The Morgan fingerprint density at radius 2 is 2.06 bits per heavy atom. The standard InChI is InChI=1S/C11H14N2O4/c1-16-10-4-7(8-5-12-6-8)3-9(13(14)15)11(10)17-2/h3-4,8,12H,5-6H2,1-2H3. The molecule has 6 nitrogen and oxygen atoms in total. The van der Waals surface area contributed by atoms with E-state index in [2.05, 4.69) is 5.32 Å². The van der Waals surface area contributed by atoms with Crippen molar-refractivity contribution in [2.45, 2.75) is 5.92 Å². The van der Waals surface area contributed by atoms with E-state index in [0.29, 0.717) is 11.7 Å². The van der Waals surface area contributed by atoms with Gasteiger partial charge in [0.25, 0.3) is 0 Å². The summed E-state index contributed by atoms with van der Waals surface area (Å²) in [6.45, 7) is 1.68. The predicted molar refractivity (Wildman–Crippen MR) is 61.8 cm³/mol. The van der Waals surface area contributed by atoms with E-state index in [-0.39, 0.29) is 11.4 Å². The van der Waals surface area contributed by atoms with E-state index in [0.717, 1.165) is 18.7 Å². The van der Waals surface area contributed by atoms with E-state index in [4.69, 9.17) is 9.47 Å². The van der Waals surface area contributed by atoms with E-state index in [1.807, 2.05) is 0 Å². The van der Waals surface area contributed by atoms with Crippen molar-refractivity contribution in [3.05, 3.63) is 27.8 Å². The van der Waals surface area contributed by atoms with E-state index >= 15 is 0 Å². The summed E-state index contributed by atoms with van der Waals surface area (Å²) in [5.41, 5.74) is 0.863. The molecule has 2 rings (SSSR count). The van der Waals surface area contributed by atoms with Crippen molar-refractivity contribution in [2.75, 3.05) is 27.3 Å². The topological polar surface area (TPSA) is 73.6 Å². The molecule has 0 amide bonds. The normalized spacial score (nSPS) is 15.2. The lowest BCUT2D eigenvalue weighted by Gasteiger charge is -2.27. The molecule has 1 heterocycles. The van der Waals surface area contributed by atoms with Gasteiger partial charge in [0, 0.05) is 25.1 Å². The Balaban J connectivity index is 2.49. The molecule has 92 valence electrons. The van der Waals surface area contributed by atoms with Crippen molar-refractivity contribution in [2.24, 2.45) is 0 Å². The minimum absolute atomic E-state index is 0.0475. The highest BCUT2D eigenvalue weighted by molar-refractivity contribution is 5.59. The van der Waals surface area contributed by atoms with Gasteiger partial charge in [0.05, 0.1) is 19.1 Å². The number of nitro groups is 1. The Morgan fingerprint density at radius 1 is 1.35 bits per heavy atom. The highest BCUT2D eigenvalue weighted by Gasteiger charge is 2.26. The molecule has 6 heteroatoms. The lowest BCUT2D eigenvalue weighted by atomic mass is 9.93. The number of nitrogens with one attached hydrogen (secondary N) is 1. The van der Waals surface area contributed by atoms with E-state index in [1.54, 1.807) is 12.1 Å². The summed E-state index contributed by atoms with van der Waals surface area (Å²) in [7, 11) is 2.87. The first-order valence-corrected chi connectivity index (χ1v) is 5.28. The molecule has 1 N–H and O–H groups in total. The number of ether oxygens (including phenoxy) is 2.